The second-order valence-corrected chi connectivity index (χ2v) is 3.70. The highest BCUT2D eigenvalue weighted by Crippen LogP contribution is 2.47. The Kier molecular flexibility index (Phi) is 1.33. The van der Waals surface area contributed by atoms with Gasteiger partial charge in [0.1, 0.15) is 0 Å². The lowest BCUT2D eigenvalue weighted by Crippen LogP contribution is -2.38. The predicted octanol–water partition coefficient (Wildman–Crippen LogP) is 2.41. The van der Waals surface area contributed by atoms with Crippen molar-refractivity contribution in [2.75, 3.05) is 6.54 Å². The Morgan fingerprint density at radius 3 is 2.30 bits per heavy atom. The Bertz CT molecular complexity index is 166. The van der Waals surface area contributed by atoms with E-state index in [4.69, 9.17) is 0 Å². The molecular weight excluding hydrogens is 122 g/mol. The summed E-state index contributed by atoms with van der Waals surface area (Å²) in [5.74, 6) is 0. The second kappa shape index (κ2) is 2.08. The summed E-state index contributed by atoms with van der Waals surface area (Å²) in [5, 5.41) is 0. The van der Waals surface area contributed by atoms with E-state index in [9.17, 15) is 0 Å². The third-order valence-electron chi connectivity index (χ3n) is 3.24. The Balaban J connectivity index is 2.19. The largest absolute Gasteiger partial charge is 0.294 e. The maximum Gasteiger partial charge on any atom is 0.0389 e. The molecule has 0 atom stereocenters. The maximum absolute atomic E-state index is 4.52. The maximum atomic E-state index is 4.52. The van der Waals surface area contributed by atoms with Crippen LogP contribution in [-0.4, -0.2) is 12.3 Å². The van der Waals surface area contributed by atoms with E-state index >= 15 is 0 Å². The van der Waals surface area contributed by atoms with Gasteiger partial charge in [0.15, 0.2) is 0 Å². The third-order valence-corrected chi connectivity index (χ3v) is 3.24. The minimum Gasteiger partial charge on any atom is -0.294 e. The smallest absolute Gasteiger partial charge is 0.0389 e. The molecule has 10 heavy (non-hydrogen) atoms. The fourth-order valence-electron chi connectivity index (χ4n) is 2.23. The number of hydrogen-bond donors (Lipinski definition) is 0. The van der Waals surface area contributed by atoms with E-state index in [1.165, 1.54) is 37.8 Å². The predicted molar refractivity (Wildman–Crippen MR) is 43.5 cm³/mol. The molecule has 0 aromatic heterocycles. The summed E-state index contributed by atoms with van der Waals surface area (Å²) < 4.78 is 0. The molecule has 0 amide bonds. The van der Waals surface area contributed by atoms with Crippen molar-refractivity contribution in [3.63, 3.8) is 0 Å². The van der Waals surface area contributed by atoms with E-state index < -0.39 is 0 Å². The zero-order valence-corrected chi connectivity index (χ0v) is 6.69. The van der Waals surface area contributed by atoms with Crippen molar-refractivity contribution in [3.8, 4) is 0 Å². The van der Waals surface area contributed by atoms with E-state index in [2.05, 4.69) is 11.9 Å². The lowest BCUT2D eigenvalue weighted by Gasteiger charge is -2.44. The SMILES string of the molecule is CC1=NCCCC12CCC2. The quantitative estimate of drug-likeness (QED) is 0.486. The van der Waals surface area contributed by atoms with Crippen LogP contribution in [0.2, 0.25) is 0 Å². The Morgan fingerprint density at radius 1 is 1.20 bits per heavy atom. The monoisotopic (exact) mass is 137 g/mol. The fourth-order valence-corrected chi connectivity index (χ4v) is 2.23. The van der Waals surface area contributed by atoms with E-state index in [0.717, 1.165) is 6.54 Å². The molecule has 2 aliphatic rings. The van der Waals surface area contributed by atoms with Crippen LogP contribution in [0.3, 0.4) is 0 Å². The number of nitrogens with zero attached hydrogens (tertiary/aromatic N) is 1. The van der Waals surface area contributed by atoms with E-state index in [0.29, 0.717) is 5.41 Å². The van der Waals surface area contributed by atoms with Crippen LogP contribution in [0.4, 0.5) is 0 Å². The van der Waals surface area contributed by atoms with Gasteiger partial charge in [-0.25, -0.2) is 0 Å². The van der Waals surface area contributed by atoms with Gasteiger partial charge in [-0.2, -0.15) is 0 Å². The first-order valence-corrected chi connectivity index (χ1v) is 4.35. The van der Waals surface area contributed by atoms with Gasteiger partial charge in [-0.05, 0) is 32.6 Å². The number of aliphatic imine (C=N–C) groups is 1. The van der Waals surface area contributed by atoms with Crippen LogP contribution < -0.4 is 0 Å². The van der Waals surface area contributed by atoms with Crippen molar-refractivity contribution < 1.29 is 0 Å². The molecule has 0 saturated heterocycles. The van der Waals surface area contributed by atoms with Crippen LogP contribution in [0.5, 0.6) is 0 Å². The minimum atomic E-state index is 0.609. The summed E-state index contributed by atoms with van der Waals surface area (Å²) in [6, 6.07) is 0. The van der Waals surface area contributed by atoms with Gasteiger partial charge in [0.05, 0.1) is 0 Å². The van der Waals surface area contributed by atoms with Crippen LogP contribution in [-0.2, 0) is 0 Å². The van der Waals surface area contributed by atoms with Gasteiger partial charge in [0, 0.05) is 17.7 Å². The van der Waals surface area contributed by atoms with Gasteiger partial charge in [0.25, 0.3) is 0 Å². The summed E-state index contributed by atoms with van der Waals surface area (Å²) in [4.78, 5) is 4.52. The van der Waals surface area contributed by atoms with Crippen molar-refractivity contribution in [1.29, 1.82) is 0 Å². The van der Waals surface area contributed by atoms with Gasteiger partial charge in [-0.15, -0.1) is 0 Å². The topological polar surface area (TPSA) is 12.4 Å². The summed E-state index contributed by atoms with van der Waals surface area (Å²) in [6.45, 7) is 3.31. The van der Waals surface area contributed by atoms with Gasteiger partial charge in [0.2, 0.25) is 0 Å². The molecule has 1 heteroatoms. The molecule has 2 rings (SSSR count). The summed E-state index contributed by atoms with van der Waals surface area (Å²) in [7, 11) is 0. The summed E-state index contributed by atoms with van der Waals surface area (Å²) in [6.07, 6.45) is 7.02. The minimum absolute atomic E-state index is 0.609. The fraction of sp³-hybridized carbons (Fsp3) is 0.889. The summed E-state index contributed by atoms with van der Waals surface area (Å²) >= 11 is 0. The van der Waals surface area contributed by atoms with Crippen LogP contribution in [0.15, 0.2) is 4.99 Å². The zero-order chi connectivity index (χ0) is 7.03. The first-order valence-electron chi connectivity index (χ1n) is 4.35. The highest BCUT2D eigenvalue weighted by Gasteiger charge is 2.40. The van der Waals surface area contributed by atoms with Crippen molar-refractivity contribution in [1.82, 2.24) is 0 Å². The molecule has 1 fully saturated rings. The highest BCUT2D eigenvalue weighted by molar-refractivity contribution is 5.89. The molecule has 0 aromatic rings. The van der Waals surface area contributed by atoms with Gasteiger partial charge < -0.3 is 0 Å². The molecule has 1 spiro atoms. The highest BCUT2D eigenvalue weighted by atomic mass is 14.8. The lowest BCUT2D eigenvalue weighted by molar-refractivity contribution is 0.202. The Labute approximate surface area is 62.5 Å². The molecule has 0 aromatic carbocycles. The standard InChI is InChI=1S/C9H15N/c1-8-9(4-2-5-9)6-3-7-10-8/h2-7H2,1H3. The average Bonchev–Trinajstić information content (AvgIpc) is 1.85. The van der Waals surface area contributed by atoms with Gasteiger partial charge in [-0.1, -0.05) is 6.42 Å². The van der Waals surface area contributed by atoms with Gasteiger partial charge >= 0.3 is 0 Å². The molecule has 56 valence electrons. The van der Waals surface area contributed by atoms with Crippen molar-refractivity contribution in [3.05, 3.63) is 0 Å². The van der Waals surface area contributed by atoms with Gasteiger partial charge in [-0.3, -0.25) is 4.99 Å². The molecule has 1 saturated carbocycles. The van der Waals surface area contributed by atoms with Crippen molar-refractivity contribution in [2.45, 2.75) is 39.0 Å². The normalized spacial score (nSPS) is 29.5. The molecular formula is C9H15N. The molecule has 0 bridgehead atoms. The van der Waals surface area contributed by atoms with Crippen molar-refractivity contribution >= 4 is 5.71 Å². The second-order valence-electron chi connectivity index (χ2n) is 3.70. The molecule has 1 aliphatic carbocycles. The average molecular weight is 137 g/mol. The zero-order valence-electron chi connectivity index (χ0n) is 6.69. The van der Waals surface area contributed by atoms with E-state index in [1.54, 1.807) is 0 Å². The Morgan fingerprint density at radius 2 is 1.90 bits per heavy atom. The van der Waals surface area contributed by atoms with Crippen LogP contribution >= 0.6 is 0 Å². The third kappa shape index (κ3) is 0.727. The molecule has 1 nitrogen and oxygen atoms in total. The number of rotatable bonds is 0. The van der Waals surface area contributed by atoms with E-state index in [-0.39, 0.29) is 0 Å². The molecule has 1 heterocycles. The molecule has 0 radical (unpaired) electrons. The van der Waals surface area contributed by atoms with Crippen LogP contribution in [0.25, 0.3) is 0 Å². The van der Waals surface area contributed by atoms with Crippen LogP contribution in [0, 0.1) is 5.41 Å². The Hall–Kier alpha value is -0.330. The summed E-state index contributed by atoms with van der Waals surface area (Å²) in [5.41, 5.74) is 2.06. The van der Waals surface area contributed by atoms with E-state index in [1.807, 2.05) is 0 Å². The molecule has 0 unspecified atom stereocenters. The first kappa shape index (κ1) is 6.38. The lowest BCUT2D eigenvalue weighted by atomic mass is 9.62. The molecule has 0 N–H and O–H groups in total. The van der Waals surface area contributed by atoms with Crippen LogP contribution in [0.1, 0.15) is 39.0 Å². The first-order chi connectivity index (χ1) is 4.83. The number of hydrogen-bond acceptors (Lipinski definition) is 1. The molecule has 1 aliphatic heterocycles. The van der Waals surface area contributed by atoms with Crippen molar-refractivity contribution in [2.24, 2.45) is 10.4 Å².